The summed E-state index contributed by atoms with van der Waals surface area (Å²) < 4.78 is 23.9. The third kappa shape index (κ3) is 5.29. The number of benzene rings is 1. The van der Waals surface area contributed by atoms with E-state index in [9.17, 15) is 14.3 Å². The summed E-state index contributed by atoms with van der Waals surface area (Å²) in [6.45, 7) is 4.34. The van der Waals surface area contributed by atoms with Crippen molar-refractivity contribution in [1.29, 1.82) is 0 Å². The van der Waals surface area contributed by atoms with E-state index >= 15 is 0 Å². The van der Waals surface area contributed by atoms with Gasteiger partial charge in [0.2, 0.25) is 11.2 Å². The highest BCUT2D eigenvalue weighted by molar-refractivity contribution is 5.25. The Kier molecular flexibility index (Phi) is 6.44. The molecule has 0 atom stereocenters. The number of aliphatic hydroxyl groups excluding tert-OH is 1. The van der Waals surface area contributed by atoms with E-state index in [2.05, 4.69) is 9.80 Å². The molecule has 7 nitrogen and oxygen atoms in total. The number of hydrogen-bond donors (Lipinski definition) is 2. The third-order valence-corrected chi connectivity index (χ3v) is 4.52. The molecule has 0 radical (unpaired) electrons. The van der Waals surface area contributed by atoms with Gasteiger partial charge in [0.05, 0.1) is 6.54 Å². The van der Waals surface area contributed by atoms with Gasteiger partial charge < -0.3 is 19.4 Å². The lowest BCUT2D eigenvalue weighted by Crippen LogP contribution is -2.47. The largest absolute Gasteiger partial charge is 0.502 e. The molecular formula is C19H23FN2O5. The molecular weight excluding hydrogens is 355 g/mol. The summed E-state index contributed by atoms with van der Waals surface area (Å²) in [6, 6.07) is 7.04. The molecule has 0 amide bonds. The standard InChI is InChI=1S/C19H23FN2O5/c20-14-1-3-15(4-2-14)26-10-9-21-5-7-22(8-6-21)12-18-19(25)17(24)11-16(13-23)27-18/h1-4,11,23,25H,5-10,12-13H2. The second-order valence-electron chi connectivity index (χ2n) is 6.43. The number of piperazine rings is 1. The van der Waals surface area contributed by atoms with Crippen molar-refractivity contribution in [3.05, 3.63) is 57.9 Å². The molecule has 0 aliphatic carbocycles. The first-order valence-electron chi connectivity index (χ1n) is 8.84. The van der Waals surface area contributed by atoms with Crippen molar-refractivity contribution in [2.24, 2.45) is 0 Å². The second kappa shape index (κ2) is 8.98. The van der Waals surface area contributed by atoms with Crippen molar-refractivity contribution in [1.82, 2.24) is 9.80 Å². The fourth-order valence-electron chi connectivity index (χ4n) is 2.97. The molecule has 1 aliphatic rings. The predicted molar refractivity (Wildman–Crippen MR) is 96.2 cm³/mol. The molecule has 27 heavy (non-hydrogen) atoms. The van der Waals surface area contributed by atoms with Gasteiger partial charge >= 0.3 is 0 Å². The van der Waals surface area contributed by atoms with Crippen molar-refractivity contribution < 1.29 is 23.8 Å². The van der Waals surface area contributed by atoms with Crippen molar-refractivity contribution in [3.63, 3.8) is 0 Å². The van der Waals surface area contributed by atoms with Crippen LogP contribution in [0.2, 0.25) is 0 Å². The van der Waals surface area contributed by atoms with Gasteiger partial charge in [-0.2, -0.15) is 0 Å². The van der Waals surface area contributed by atoms with Crippen LogP contribution in [0.3, 0.4) is 0 Å². The van der Waals surface area contributed by atoms with E-state index in [4.69, 9.17) is 14.3 Å². The Balaban J connectivity index is 1.44. The van der Waals surface area contributed by atoms with Gasteiger partial charge in [0.25, 0.3) is 0 Å². The zero-order chi connectivity index (χ0) is 19.2. The summed E-state index contributed by atoms with van der Waals surface area (Å²) in [5.74, 6) is 0.278. The number of rotatable bonds is 7. The lowest BCUT2D eigenvalue weighted by molar-refractivity contribution is 0.104. The van der Waals surface area contributed by atoms with Crippen molar-refractivity contribution in [3.8, 4) is 11.5 Å². The highest BCUT2D eigenvalue weighted by atomic mass is 19.1. The molecule has 2 aromatic rings. The number of hydrogen-bond acceptors (Lipinski definition) is 7. The van der Waals surface area contributed by atoms with Crippen LogP contribution >= 0.6 is 0 Å². The lowest BCUT2D eigenvalue weighted by atomic mass is 10.2. The molecule has 0 spiro atoms. The summed E-state index contributed by atoms with van der Waals surface area (Å²) in [7, 11) is 0. The molecule has 1 aromatic heterocycles. The Hall–Kier alpha value is -2.42. The van der Waals surface area contributed by atoms with Gasteiger partial charge in [-0.1, -0.05) is 0 Å². The minimum Gasteiger partial charge on any atom is -0.502 e. The van der Waals surface area contributed by atoms with Gasteiger partial charge in [0.1, 0.15) is 30.5 Å². The molecule has 146 valence electrons. The van der Waals surface area contributed by atoms with Crippen LogP contribution in [0.5, 0.6) is 11.5 Å². The highest BCUT2D eigenvalue weighted by Gasteiger charge is 2.20. The van der Waals surface area contributed by atoms with E-state index in [0.29, 0.717) is 18.9 Å². The number of aromatic hydroxyl groups is 1. The van der Waals surface area contributed by atoms with Crippen LogP contribution in [0.15, 0.2) is 39.5 Å². The van der Waals surface area contributed by atoms with Gasteiger partial charge in [0, 0.05) is 38.8 Å². The fraction of sp³-hybridized carbons (Fsp3) is 0.421. The van der Waals surface area contributed by atoms with E-state index < -0.39 is 11.2 Å². The highest BCUT2D eigenvalue weighted by Crippen LogP contribution is 2.17. The van der Waals surface area contributed by atoms with Gasteiger partial charge in [-0.05, 0) is 24.3 Å². The molecule has 0 unspecified atom stereocenters. The first-order valence-corrected chi connectivity index (χ1v) is 8.84. The number of nitrogens with zero attached hydrogens (tertiary/aromatic N) is 2. The Bertz CT molecular complexity index is 801. The van der Waals surface area contributed by atoms with Gasteiger partial charge in [-0.3, -0.25) is 14.6 Å². The van der Waals surface area contributed by atoms with Gasteiger partial charge in [-0.15, -0.1) is 0 Å². The van der Waals surface area contributed by atoms with Gasteiger partial charge in [0.15, 0.2) is 5.76 Å². The minimum absolute atomic E-state index is 0.143. The van der Waals surface area contributed by atoms with Crippen molar-refractivity contribution >= 4 is 0 Å². The van der Waals surface area contributed by atoms with E-state index in [0.717, 1.165) is 38.8 Å². The zero-order valence-corrected chi connectivity index (χ0v) is 14.9. The maximum absolute atomic E-state index is 12.9. The number of aliphatic hydroxyl groups is 1. The molecule has 1 saturated heterocycles. The lowest BCUT2D eigenvalue weighted by Gasteiger charge is -2.34. The maximum atomic E-state index is 12.9. The van der Waals surface area contributed by atoms with Crippen LogP contribution in [-0.4, -0.2) is 59.3 Å². The average molecular weight is 378 g/mol. The average Bonchev–Trinajstić information content (AvgIpc) is 2.68. The van der Waals surface area contributed by atoms with E-state index in [1.807, 2.05) is 0 Å². The molecule has 2 heterocycles. The summed E-state index contributed by atoms with van der Waals surface area (Å²) in [4.78, 5) is 16.0. The summed E-state index contributed by atoms with van der Waals surface area (Å²) in [5.41, 5.74) is -0.545. The second-order valence-corrected chi connectivity index (χ2v) is 6.43. The Morgan fingerprint density at radius 2 is 1.78 bits per heavy atom. The zero-order valence-electron chi connectivity index (χ0n) is 14.9. The van der Waals surface area contributed by atoms with E-state index in [1.54, 1.807) is 12.1 Å². The van der Waals surface area contributed by atoms with Crippen LogP contribution in [0.4, 0.5) is 4.39 Å². The monoisotopic (exact) mass is 378 g/mol. The fourth-order valence-corrected chi connectivity index (χ4v) is 2.97. The van der Waals surface area contributed by atoms with Crippen LogP contribution < -0.4 is 10.2 Å². The first kappa shape index (κ1) is 19.3. The molecule has 0 saturated carbocycles. The molecule has 2 N–H and O–H groups in total. The Morgan fingerprint density at radius 1 is 1.11 bits per heavy atom. The van der Waals surface area contributed by atoms with Crippen LogP contribution in [0, 0.1) is 5.82 Å². The molecule has 8 heteroatoms. The first-order chi connectivity index (χ1) is 13.0. The summed E-state index contributed by atoms with van der Waals surface area (Å²) in [5, 5.41) is 19.0. The van der Waals surface area contributed by atoms with Crippen LogP contribution in [0.25, 0.3) is 0 Å². The predicted octanol–water partition coefficient (Wildman–Crippen LogP) is 1.17. The van der Waals surface area contributed by atoms with E-state index in [-0.39, 0.29) is 23.9 Å². The Labute approximate surface area is 156 Å². The molecule has 1 fully saturated rings. The molecule has 1 aromatic carbocycles. The summed E-state index contributed by atoms with van der Waals surface area (Å²) in [6.07, 6.45) is 0. The quantitative estimate of drug-likeness (QED) is 0.748. The maximum Gasteiger partial charge on any atom is 0.227 e. The molecule has 1 aliphatic heterocycles. The number of halogens is 1. The molecule has 0 bridgehead atoms. The number of ether oxygens (including phenoxy) is 1. The Morgan fingerprint density at radius 3 is 2.44 bits per heavy atom. The smallest absolute Gasteiger partial charge is 0.227 e. The molecule has 3 rings (SSSR count). The summed E-state index contributed by atoms with van der Waals surface area (Å²) >= 11 is 0. The van der Waals surface area contributed by atoms with E-state index in [1.165, 1.54) is 12.1 Å². The van der Waals surface area contributed by atoms with Crippen LogP contribution in [0.1, 0.15) is 11.5 Å². The third-order valence-electron chi connectivity index (χ3n) is 4.52. The minimum atomic E-state index is -0.545. The normalized spacial score (nSPS) is 15.8. The van der Waals surface area contributed by atoms with Gasteiger partial charge in [-0.25, -0.2) is 4.39 Å². The van der Waals surface area contributed by atoms with Crippen molar-refractivity contribution in [2.45, 2.75) is 13.2 Å². The topological polar surface area (TPSA) is 86.4 Å². The van der Waals surface area contributed by atoms with Crippen molar-refractivity contribution in [2.75, 3.05) is 39.3 Å². The van der Waals surface area contributed by atoms with Crippen LogP contribution in [-0.2, 0) is 13.2 Å². The SMILES string of the molecule is O=c1cc(CO)oc(CN2CCN(CCOc3ccc(F)cc3)CC2)c1O.